The molecule has 106 valence electrons. The van der Waals surface area contributed by atoms with Gasteiger partial charge in [-0.15, -0.1) is 0 Å². The summed E-state index contributed by atoms with van der Waals surface area (Å²) in [5.41, 5.74) is 0.787. The highest BCUT2D eigenvalue weighted by atomic mass is 32.2. The average Bonchev–Trinajstić information content (AvgIpc) is 2.98. The van der Waals surface area contributed by atoms with Crippen LogP contribution in [0.25, 0.3) is 0 Å². The van der Waals surface area contributed by atoms with Crippen molar-refractivity contribution in [2.45, 2.75) is 37.8 Å². The first kappa shape index (κ1) is 14.4. The summed E-state index contributed by atoms with van der Waals surface area (Å²) in [6.07, 6.45) is 0.844. The van der Waals surface area contributed by atoms with E-state index in [4.69, 9.17) is 0 Å². The smallest absolute Gasteiger partial charge is 0.241 e. The van der Waals surface area contributed by atoms with Crippen LogP contribution in [0.1, 0.15) is 24.5 Å². The Kier molecular flexibility index (Phi) is 3.94. The third-order valence-corrected chi connectivity index (χ3v) is 5.06. The van der Waals surface area contributed by atoms with Crippen LogP contribution in [0.5, 0.6) is 0 Å². The van der Waals surface area contributed by atoms with Gasteiger partial charge in [-0.2, -0.15) is 0 Å². The molecule has 0 spiro atoms. The van der Waals surface area contributed by atoms with Gasteiger partial charge in [-0.25, -0.2) is 17.5 Å². The van der Waals surface area contributed by atoms with Crippen molar-refractivity contribution >= 4 is 10.0 Å². The topological polar surface area (TPSA) is 58.2 Å². The van der Waals surface area contributed by atoms with E-state index in [9.17, 15) is 12.8 Å². The number of nitrogens with one attached hydrogen (secondary N) is 2. The fraction of sp³-hybridized carbons (Fsp3) is 0.538. The van der Waals surface area contributed by atoms with Gasteiger partial charge in [0.1, 0.15) is 5.82 Å². The van der Waals surface area contributed by atoms with E-state index in [1.54, 1.807) is 7.05 Å². The Labute approximate surface area is 113 Å². The van der Waals surface area contributed by atoms with Crippen molar-refractivity contribution in [2.75, 3.05) is 7.05 Å². The Morgan fingerprint density at radius 2 is 2.05 bits per heavy atom. The van der Waals surface area contributed by atoms with Crippen molar-refractivity contribution < 1.29 is 12.8 Å². The molecule has 2 atom stereocenters. The summed E-state index contributed by atoms with van der Waals surface area (Å²) in [5.74, 6) is -0.127. The standard InChI is InChI=1S/C13H19FN2O2S/c1-8-4-12(8)16-19(17,18)13-6-10(7-15-3)5-11(14)9(13)2/h5-6,8,12,15-16H,4,7H2,1-3H3. The number of halogens is 1. The highest BCUT2D eigenvalue weighted by Gasteiger charge is 2.37. The van der Waals surface area contributed by atoms with Crippen molar-refractivity contribution in [2.24, 2.45) is 5.92 Å². The molecule has 2 N–H and O–H groups in total. The van der Waals surface area contributed by atoms with Gasteiger partial charge in [0.05, 0.1) is 4.90 Å². The fourth-order valence-electron chi connectivity index (χ4n) is 2.04. The molecule has 0 saturated heterocycles. The van der Waals surface area contributed by atoms with E-state index in [0.29, 0.717) is 18.0 Å². The molecule has 1 aromatic rings. The van der Waals surface area contributed by atoms with Gasteiger partial charge in [-0.05, 0) is 44.0 Å². The van der Waals surface area contributed by atoms with E-state index < -0.39 is 15.8 Å². The van der Waals surface area contributed by atoms with Crippen LogP contribution in [0.4, 0.5) is 4.39 Å². The maximum Gasteiger partial charge on any atom is 0.241 e. The summed E-state index contributed by atoms with van der Waals surface area (Å²) in [5, 5.41) is 2.89. The summed E-state index contributed by atoms with van der Waals surface area (Å²) in [6.45, 7) is 3.90. The zero-order valence-corrected chi connectivity index (χ0v) is 12.1. The quantitative estimate of drug-likeness (QED) is 0.863. The minimum Gasteiger partial charge on any atom is -0.316 e. The van der Waals surface area contributed by atoms with Crippen LogP contribution in [0, 0.1) is 18.7 Å². The van der Waals surface area contributed by atoms with Crippen LogP contribution in [-0.4, -0.2) is 21.5 Å². The largest absolute Gasteiger partial charge is 0.316 e. The molecular weight excluding hydrogens is 267 g/mol. The lowest BCUT2D eigenvalue weighted by atomic mass is 10.1. The molecule has 0 bridgehead atoms. The van der Waals surface area contributed by atoms with E-state index in [-0.39, 0.29) is 16.5 Å². The monoisotopic (exact) mass is 286 g/mol. The minimum absolute atomic E-state index is 0.0135. The molecule has 1 aliphatic carbocycles. The molecule has 0 amide bonds. The normalized spacial score (nSPS) is 22.5. The van der Waals surface area contributed by atoms with Gasteiger partial charge >= 0.3 is 0 Å². The van der Waals surface area contributed by atoms with Gasteiger partial charge in [0.2, 0.25) is 10.0 Å². The molecule has 1 aliphatic rings. The number of rotatable bonds is 5. The van der Waals surface area contributed by atoms with Crippen molar-refractivity contribution in [3.8, 4) is 0 Å². The van der Waals surface area contributed by atoms with Crippen molar-refractivity contribution in [1.82, 2.24) is 10.0 Å². The van der Waals surface area contributed by atoms with Crippen LogP contribution in [-0.2, 0) is 16.6 Å². The predicted molar refractivity (Wildman–Crippen MR) is 71.8 cm³/mol. The Hall–Kier alpha value is -0.980. The molecule has 19 heavy (non-hydrogen) atoms. The molecule has 2 unspecified atom stereocenters. The second kappa shape index (κ2) is 5.19. The van der Waals surface area contributed by atoms with Gasteiger partial charge in [0.25, 0.3) is 0 Å². The molecule has 4 nitrogen and oxygen atoms in total. The maximum atomic E-state index is 13.8. The van der Waals surface area contributed by atoms with Crippen molar-refractivity contribution in [1.29, 1.82) is 0 Å². The molecule has 0 aliphatic heterocycles. The fourth-order valence-corrected chi connectivity index (χ4v) is 3.70. The molecule has 1 saturated carbocycles. The molecule has 0 aromatic heterocycles. The number of hydrogen-bond donors (Lipinski definition) is 2. The van der Waals surface area contributed by atoms with E-state index >= 15 is 0 Å². The van der Waals surface area contributed by atoms with E-state index in [2.05, 4.69) is 10.0 Å². The zero-order chi connectivity index (χ0) is 14.2. The SMILES string of the molecule is CNCc1cc(F)c(C)c(S(=O)(=O)NC2CC2C)c1. The third-order valence-electron chi connectivity index (χ3n) is 3.44. The number of hydrogen-bond acceptors (Lipinski definition) is 3. The predicted octanol–water partition coefficient (Wildman–Crippen LogP) is 1.54. The van der Waals surface area contributed by atoms with E-state index in [0.717, 1.165) is 6.42 Å². The summed E-state index contributed by atoms with van der Waals surface area (Å²) < 4.78 is 40.9. The molecular formula is C13H19FN2O2S. The third kappa shape index (κ3) is 3.13. The minimum atomic E-state index is -3.64. The van der Waals surface area contributed by atoms with Crippen LogP contribution in [0.2, 0.25) is 0 Å². The maximum absolute atomic E-state index is 13.8. The summed E-state index contributed by atoms with van der Waals surface area (Å²) >= 11 is 0. The average molecular weight is 286 g/mol. The lowest BCUT2D eigenvalue weighted by molar-refractivity contribution is 0.570. The van der Waals surface area contributed by atoms with Crippen LogP contribution < -0.4 is 10.0 Å². The molecule has 6 heteroatoms. The van der Waals surface area contributed by atoms with Crippen molar-refractivity contribution in [3.63, 3.8) is 0 Å². The second-order valence-corrected chi connectivity index (χ2v) is 6.85. The molecule has 1 aromatic carbocycles. The van der Waals surface area contributed by atoms with Gasteiger partial charge < -0.3 is 5.32 Å². The first-order valence-electron chi connectivity index (χ1n) is 6.31. The lowest BCUT2D eigenvalue weighted by Crippen LogP contribution is -2.28. The van der Waals surface area contributed by atoms with Gasteiger partial charge in [0.15, 0.2) is 0 Å². The lowest BCUT2D eigenvalue weighted by Gasteiger charge is -2.12. The Balaban J connectivity index is 2.36. The Bertz CT molecular complexity index is 587. The first-order valence-corrected chi connectivity index (χ1v) is 7.79. The Morgan fingerprint density at radius 1 is 1.42 bits per heavy atom. The summed E-state index contributed by atoms with van der Waals surface area (Å²) in [4.78, 5) is 0.0388. The number of benzene rings is 1. The number of sulfonamides is 1. The van der Waals surface area contributed by atoms with Crippen molar-refractivity contribution in [3.05, 3.63) is 29.1 Å². The van der Waals surface area contributed by atoms with Gasteiger partial charge in [-0.3, -0.25) is 0 Å². The highest BCUT2D eigenvalue weighted by molar-refractivity contribution is 7.89. The summed E-state index contributed by atoms with van der Waals surface area (Å²) in [7, 11) is -1.91. The Morgan fingerprint density at radius 3 is 2.58 bits per heavy atom. The first-order chi connectivity index (χ1) is 8.85. The van der Waals surface area contributed by atoms with E-state index in [1.165, 1.54) is 19.1 Å². The van der Waals surface area contributed by atoms with Gasteiger partial charge in [-0.1, -0.05) is 6.92 Å². The summed E-state index contributed by atoms with van der Waals surface area (Å²) in [6, 6.07) is 2.88. The molecule has 0 heterocycles. The van der Waals surface area contributed by atoms with Gasteiger partial charge in [0, 0.05) is 18.2 Å². The van der Waals surface area contributed by atoms with Crippen LogP contribution >= 0.6 is 0 Å². The second-order valence-electron chi connectivity index (χ2n) is 5.17. The van der Waals surface area contributed by atoms with Crippen LogP contribution in [0.3, 0.4) is 0 Å². The molecule has 0 radical (unpaired) electrons. The van der Waals surface area contributed by atoms with E-state index in [1.807, 2.05) is 6.92 Å². The highest BCUT2D eigenvalue weighted by Crippen LogP contribution is 2.31. The molecule has 2 rings (SSSR count). The zero-order valence-electron chi connectivity index (χ0n) is 11.3. The molecule has 1 fully saturated rings. The van der Waals surface area contributed by atoms with Crippen LogP contribution in [0.15, 0.2) is 17.0 Å².